The lowest BCUT2D eigenvalue weighted by Gasteiger charge is -2.32. The van der Waals surface area contributed by atoms with Crippen molar-refractivity contribution >= 4 is 5.69 Å². The Bertz CT molecular complexity index is 411. The van der Waals surface area contributed by atoms with Crippen LogP contribution in [0.15, 0.2) is 18.2 Å². The molecule has 2 rings (SSSR count). The normalized spacial score (nSPS) is 17.7. The summed E-state index contributed by atoms with van der Waals surface area (Å²) in [4.78, 5) is 4.76. The van der Waals surface area contributed by atoms with Crippen LogP contribution in [0.1, 0.15) is 24.0 Å². The first-order valence-corrected chi connectivity index (χ1v) is 7.20. The van der Waals surface area contributed by atoms with E-state index in [9.17, 15) is 5.11 Å². The third-order valence-corrected chi connectivity index (χ3v) is 4.31. The molecule has 1 heterocycles. The van der Waals surface area contributed by atoms with Crippen molar-refractivity contribution in [3.63, 3.8) is 0 Å². The second-order valence-electron chi connectivity index (χ2n) is 5.90. The molecular formula is C16H26N2O. The lowest BCUT2D eigenvalue weighted by atomic mass is 9.96. The predicted molar refractivity (Wildman–Crippen MR) is 80.6 cm³/mol. The minimum atomic E-state index is 0.130. The maximum atomic E-state index is 9.22. The van der Waals surface area contributed by atoms with Crippen LogP contribution in [0.25, 0.3) is 0 Å². The summed E-state index contributed by atoms with van der Waals surface area (Å²) in [6.45, 7) is 5.77. The number of hydrogen-bond acceptors (Lipinski definition) is 3. The third-order valence-electron chi connectivity index (χ3n) is 4.31. The molecule has 1 N–H and O–H groups in total. The van der Waals surface area contributed by atoms with E-state index in [1.807, 2.05) is 6.07 Å². The van der Waals surface area contributed by atoms with E-state index in [-0.39, 0.29) is 6.61 Å². The molecule has 1 saturated heterocycles. The largest absolute Gasteiger partial charge is 0.392 e. The van der Waals surface area contributed by atoms with Gasteiger partial charge in [0.05, 0.1) is 6.61 Å². The van der Waals surface area contributed by atoms with Gasteiger partial charge in [-0.15, -0.1) is 0 Å². The first-order valence-electron chi connectivity index (χ1n) is 7.20. The summed E-state index contributed by atoms with van der Waals surface area (Å²) in [5.41, 5.74) is 3.46. The lowest BCUT2D eigenvalue weighted by Crippen LogP contribution is -2.35. The summed E-state index contributed by atoms with van der Waals surface area (Å²) in [7, 11) is 4.38. The molecule has 1 aromatic carbocycles. The van der Waals surface area contributed by atoms with Crippen molar-refractivity contribution in [2.75, 3.05) is 38.6 Å². The summed E-state index contributed by atoms with van der Waals surface area (Å²) in [5.74, 6) is 0.805. The van der Waals surface area contributed by atoms with Crippen molar-refractivity contribution in [1.82, 2.24) is 4.90 Å². The highest BCUT2D eigenvalue weighted by atomic mass is 16.3. The van der Waals surface area contributed by atoms with Crippen molar-refractivity contribution in [3.05, 3.63) is 29.3 Å². The number of aliphatic hydroxyl groups excluding tert-OH is 1. The van der Waals surface area contributed by atoms with Gasteiger partial charge >= 0.3 is 0 Å². The highest BCUT2D eigenvalue weighted by Crippen LogP contribution is 2.22. The quantitative estimate of drug-likeness (QED) is 0.901. The van der Waals surface area contributed by atoms with Gasteiger partial charge in [-0.1, -0.05) is 6.07 Å². The van der Waals surface area contributed by atoms with Crippen LogP contribution in [0.2, 0.25) is 0 Å². The monoisotopic (exact) mass is 262 g/mol. The van der Waals surface area contributed by atoms with E-state index in [2.05, 4.69) is 43.0 Å². The standard InChI is InChI=1S/C16H26N2O/c1-13-10-16(5-4-15(13)12-19)18(3)11-14-6-8-17(2)9-7-14/h4-5,10,14,19H,6-9,11-12H2,1-3H3. The Morgan fingerprint density at radius 3 is 2.58 bits per heavy atom. The maximum absolute atomic E-state index is 9.22. The van der Waals surface area contributed by atoms with E-state index in [4.69, 9.17) is 0 Å². The molecule has 3 heteroatoms. The van der Waals surface area contributed by atoms with E-state index < -0.39 is 0 Å². The van der Waals surface area contributed by atoms with E-state index in [0.29, 0.717) is 0 Å². The maximum Gasteiger partial charge on any atom is 0.0684 e. The average molecular weight is 262 g/mol. The summed E-state index contributed by atoms with van der Waals surface area (Å²) in [5, 5.41) is 9.22. The minimum absolute atomic E-state index is 0.130. The molecule has 0 atom stereocenters. The Morgan fingerprint density at radius 1 is 1.32 bits per heavy atom. The Morgan fingerprint density at radius 2 is 2.00 bits per heavy atom. The first-order chi connectivity index (χ1) is 9.10. The number of rotatable bonds is 4. The SMILES string of the molecule is Cc1cc(N(C)CC2CCN(C)CC2)ccc1CO. The number of hydrogen-bond donors (Lipinski definition) is 1. The summed E-state index contributed by atoms with van der Waals surface area (Å²) in [6.07, 6.45) is 2.60. The highest BCUT2D eigenvalue weighted by Gasteiger charge is 2.18. The molecule has 1 aromatic rings. The van der Waals surface area contributed by atoms with Gasteiger partial charge in [0.2, 0.25) is 0 Å². The molecule has 1 aliphatic heterocycles. The van der Waals surface area contributed by atoms with Gasteiger partial charge in [-0.2, -0.15) is 0 Å². The average Bonchev–Trinajstić information content (AvgIpc) is 2.41. The van der Waals surface area contributed by atoms with E-state index in [0.717, 1.165) is 18.0 Å². The molecule has 0 bridgehead atoms. The van der Waals surface area contributed by atoms with Crippen LogP contribution >= 0.6 is 0 Å². The van der Waals surface area contributed by atoms with Gasteiger partial charge < -0.3 is 14.9 Å². The molecular weight excluding hydrogens is 236 g/mol. The molecule has 1 fully saturated rings. The Balaban J connectivity index is 1.96. The fourth-order valence-electron chi connectivity index (χ4n) is 2.83. The topological polar surface area (TPSA) is 26.7 Å². The van der Waals surface area contributed by atoms with Crippen LogP contribution < -0.4 is 4.90 Å². The molecule has 106 valence electrons. The number of aliphatic hydroxyl groups is 1. The summed E-state index contributed by atoms with van der Waals surface area (Å²) < 4.78 is 0. The van der Waals surface area contributed by atoms with Gasteiger partial charge in [0.25, 0.3) is 0 Å². The molecule has 0 spiro atoms. The zero-order valence-corrected chi connectivity index (χ0v) is 12.4. The van der Waals surface area contributed by atoms with Gasteiger partial charge in [0, 0.05) is 19.3 Å². The Hall–Kier alpha value is -1.06. The second-order valence-corrected chi connectivity index (χ2v) is 5.90. The lowest BCUT2D eigenvalue weighted by molar-refractivity contribution is 0.222. The van der Waals surface area contributed by atoms with Crippen LogP contribution in [0.5, 0.6) is 0 Å². The molecule has 0 radical (unpaired) electrons. The first kappa shape index (κ1) is 14.4. The molecule has 19 heavy (non-hydrogen) atoms. The minimum Gasteiger partial charge on any atom is -0.392 e. The molecule has 0 aromatic heterocycles. The van der Waals surface area contributed by atoms with Crippen molar-refractivity contribution in [2.45, 2.75) is 26.4 Å². The van der Waals surface area contributed by atoms with Gasteiger partial charge in [-0.05, 0) is 69.1 Å². The molecule has 0 aliphatic carbocycles. The van der Waals surface area contributed by atoms with Gasteiger partial charge in [-0.25, -0.2) is 0 Å². The van der Waals surface area contributed by atoms with Crippen molar-refractivity contribution < 1.29 is 5.11 Å². The highest BCUT2D eigenvalue weighted by molar-refractivity contribution is 5.50. The molecule has 0 amide bonds. The van der Waals surface area contributed by atoms with E-state index in [1.165, 1.54) is 37.2 Å². The van der Waals surface area contributed by atoms with E-state index in [1.54, 1.807) is 0 Å². The number of benzene rings is 1. The number of piperidine rings is 1. The molecule has 0 unspecified atom stereocenters. The van der Waals surface area contributed by atoms with Crippen LogP contribution in [0.4, 0.5) is 5.69 Å². The molecule has 1 aliphatic rings. The van der Waals surface area contributed by atoms with Gasteiger partial charge in [0.15, 0.2) is 0 Å². The summed E-state index contributed by atoms with van der Waals surface area (Å²) in [6, 6.07) is 6.34. The number of nitrogens with zero attached hydrogens (tertiary/aromatic N) is 2. The van der Waals surface area contributed by atoms with Crippen LogP contribution in [0.3, 0.4) is 0 Å². The fourth-order valence-corrected chi connectivity index (χ4v) is 2.83. The fraction of sp³-hybridized carbons (Fsp3) is 0.625. The van der Waals surface area contributed by atoms with E-state index >= 15 is 0 Å². The summed E-state index contributed by atoms with van der Waals surface area (Å²) >= 11 is 0. The van der Waals surface area contributed by atoms with Gasteiger partial charge in [0.1, 0.15) is 0 Å². The van der Waals surface area contributed by atoms with Crippen LogP contribution in [-0.4, -0.2) is 43.7 Å². The molecule has 3 nitrogen and oxygen atoms in total. The number of aryl methyl sites for hydroxylation is 1. The van der Waals surface area contributed by atoms with Gasteiger partial charge in [-0.3, -0.25) is 0 Å². The number of likely N-dealkylation sites (tertiary alicyclic amines) is 1. The van der Waals surface area contributed by atoms with Crippen molar-refractivity contribution in [2.24, 2.45) is 5.92 Å². The predicted octanol–water partition coefficient (Wildman–Crippen LogP) is 2.27. The molecule has 0 saturated carbocycles. The Labute approximate surface area is 116 Å². The van der Waals surface area contributed by atoms with Crippen LogP contribution in [0, 0.1) is 12.8 Å². The third kappa shape index (κ3) is 3.71. The van der Waals surface area contributed by atoms with Crippen molar-refractivity contribution in [1.29, 1.82) is 0 Å². The Kier molecular flexibility index (Phi) is 4.83. The zero-order valence-electron chi connectivity index (χ0n) is 12.4. The zero-order chi connectivity index (χ0) is 13.8. The number of anilines is 1. The second kappa shape index (κ2) is 6.40. The van der Waals surface area contributed by atoms with Crippen LogP contribution in [-0.2, 0) is 6.61 Å². The van der Waals surface area contributed by atoms with Crippen molar-refractivity contribution in [3.8, 4) is 0 Å². The smallest absolute Gasteiger partial charge is 0.0684 e.